The number of nitrogens with zero attached hydrogens (tertiary/aromatic N) is 4. The van der Waals surface area contributed by atoms with Crippen LogP contribution >= 0.6 is 0 Å². The van der Waals surface area contributed by atoms with Crippen LogP contribution in [0.5, 0.6) is 5.88 Å². The van der Waals surface area contributed by atoms with Crippen molar-refractivity contribution in [1.29, 1.82) is 0 Å². The van der Waals surface area contributed by atoms with Crippen molar-refractivity contribution in [2.75, 3.05) is 13.2 Å². The zero-order valence-corrected chi connectivity index (χ0v) is 15.0. The van der Waals surface area contributed by atoms with Gasteiger partial charge in [-0.25, -0.2) is 4.63 Å². The average molecular weight is 355 g/mol. The summed E-state index contributed by atoms with van der Waals surface area (Å²) < 4.78 is 11.9. The molecular formula is C18H21N5O3. The van der Waals surface area contributed by atoms with Crippen LogP contribution in [0, 0.1) is 20.8 Å². The first kappa shape index (κ1) is 17.7. The minimum Gasteiger partial charge on any atom is -0.472 e. The van der Waals surface area contributed by atoms with E-state index in [4.69, 9.17) is 4.74 Å². The van der Waals surface area contributed by atoms with E-state index in [9.17, 15) is 4.79 Å². The fourth-order valence-electron chi connectivity index (χ4n) is 2.54. The molecule has 1 aromatic carbocycles. The number of rotatable bonds is 7. The predicted octanol–water partition coefficient (Wildman–Crippen LogP) is 2.05. The van der Waals surface area contributed by atoms with Crippen molar-refractivity contribution in [2.24, 2.45) is 0 Å². The van der Waals surface area contributed by atoms with E-state index in [0.29, 0.717) is 30.2 Å². The van der Waals surface area contributed by atoms with Gasteiger partial charge >= 0.3 is 0 Å². The van der Waals surface area contributed by atoms with Gasteiger partial charge in [0.2, 0.25) is 0 Å². The van der Waals surface area contributed by atoms with Gasteiger partial charge in [-0.3, -0.25) is 9.48 Å². The molecule has 26 heavy (non-hydrogen) atoms. The first-order chi connectivity index (χ1) is 12.5. The predicted molar refractivity (Wildman–Crippen MR) is 94.1 cm³/mol. The van der Waals surface area contributed by atoms with Crippen LogP contribution in [0.25, 0.3) is 0 Å². The molecule has 0 fully saturated rings. The highest BCUT2D eigenvalue weighted by Crippen LogP contribution is 2.10. The van der Waals surface area contributed by atoms with Crippen LogP contribution in [0.3, 0.4) is 0 Å². The first-order valence-electron chi connectivity index (χ1n) is 8.33. The lowest BCUT2D eigenvalue weighted by Crippen LogP contribution is -2.28. The van der Waals surface area contributed by atoms with Gasteiger partial charge in [-0.15, -0.1) is 0 Å². The number of benzene rings is 1. The summed E-state index contributed by atoms with van der Waals surface area (Å²) in [6, 6.07) is 9.53. The molecule has 0 aliphatic heterocycles. The maximum absolute atomic E-state index is 12.2. The van der Waals surface area contributed by atoms with Gasteiger partial charge in [0.15, 0.2) is 0 Å². The van der Waals surface area contributed by atoms with Crippen LogP contribution in [-0.2, 0) is 6.54 Å². The highest BCUT2D eigenvalue weighted by atomic mass is 16.6. The third-order valence-corrected chi connectivity index (χ3v) is 3.89. The molecule has 3 rings (SSSR count). The summed E-state index contributed by atoms with van der Waals surface area (Å²) in [4.78, 5) is 12.2. The number of carbonyl (C=O) groups is 1. The lowest BCUT2D eigenvalue weighted by atomic mass is 10.1. The van der Waals surface area contributed by atoms with Crippen LogP contribution in [0.4, 0.5) is 0 Å². The van der Waals surface area contributed by atoms with Crippen molar-refractivity contribution in [3.63, 3.8) is 0 Å². The molecule has 0 spiro atoms. The van der Waals surface area contributed by atoms with Crippen LogP contribution in [0.1, 0.15) is 33.0 Å². The molecule has 1 amide bonds. The topological polar surface area (TPSA) is 95.1 Å². The van der Waals surface area contributed by atoms with E-state index in [1.165, 1.54) is 0 Å². The van der Waals surface area contributed by atoms with Crippen LogP contribution in [-0.4, -0.2) is 39.2 Å². The fourth-order valence-corrected chi connectivity index (χ4v) is 2.54. The van der Waals surface area contributed by atoms with Crippen LogP contribution < -0.4 is 10.1 Å². The molecule has 3 aromatic rings. The number of hydrogen-bond acceptors (Lipinski definition) is 6. The summed E-state index contributed by atoms with van der Waals surface area (Å²) in [7, 11) is 0. The standard InChI is InChI=1S/C18H21N5O3/c1-12-10-13(2)23(20-12)11-15-4-6-16(7-5-15)17(24)19-8-9-25-18-14(3)21-26-22-18/h4-7,10H,8-9,11H2,1-3H3,(H,19,24). The maximum atomic E-state index is 12.2. The summed E-state index contributed by atoms with van der Waals surface area (Å²) in [5.41, 5.74) is 4.38. The van der Waals surface area contributed by atoms with Gasteiger partial charge in [0.1, 0.15) is 12.3 Å². The molecular weight excluding hydrogens is 334 g/mol. The number of hydrogen-bond donors (Lipinski definition) is 1. The second kappa shape index (κ2) is 7.81. The minimum absolute atomic E-state index is 0.152. The zero-order chi connectivity index (χ0) is 18.5. The van der Waals surface area contributed by atoms with Crippen molar-refractivity contribution in [3.8, 4) is 5.88 Å². The van der Waals surface area contributed by atoms with Gasteiger partial charge in [-0.1, -0.05) is 17.3 Å². The summed E-state index contributed by atoms with van der Waals surface area (Å²) >= 11 is 0. The average Bonchev–Trinajstić information content (AvgIpc) is 3.17. The normalized spacial score (nSPS) is 10.7. The van der Waals surface area contributed by atoms with Gasteiger partial charge in [-0.2, -0.15) is 5.10 Å². The smallest absolute Gasteiger partial charge is 0.278 e. The summed E-state index contributed by atoms with van der Waals surface area (Å²) in [6.07, 6.45) is 0. The van der Waals surface area contributed by atoms with Gasteiger partial charge in [0, 0.05) is 11.3 Å². The molecule has 0 radical (unpaired) electrons. The monoisotopic (exact) mass is 355 g/mol. The van der Waals surface area contributed by atoms with Crippen molar-refractivity contribution in [3.05, 3.63) is 58.5 Å². The molecule has 8 nitrogen and oxygen atoms in total. The summed E-state index contributed by atoms with van der Waals surface area (Å²) in [6.45, 7) is 7.07. The minimum atomic E-state index is -0.152. The molecule has 0 aliphatic carbocycles. The molecule has 1 N–H and O–H groups in total. The van der Waals surface area contributed by atoms with Crippen LogP contribution in [0.15, 0.2) is 35.0 Å². The van der Waals surface area contributed by atoms with Crippen molar-refractivity contribution in [1.82, 2.24) is 25.4 Å². The molecule has 8 heteroatoms. The fraction of sp³-hybridized carbons (Fsp3) is 0.333. The number of aromatic nitrogens is 4. The first-order valence-corrected chi connectivity index (χ1v) is 8.33. The number of ether oxygens (including phenoxy) is 1. The molecule has 0 atom stereocenters. The van der Waals surface area contributed by atoms with Crippen molar-refractivity contribution < 1.29 is 14.2 Å². The molecule has 0 saturated heterocycles. The Balaban J connectivity index is 1.49. The van der Waals surface area contributed by atoms with E-state index in [2.05, 4.69) is 25.4 Å². The number of aryl methyl sites for hydroxylation is 3. The molecule has 0 aliphatic rings. The Morgan fingerprint density at radius 2 is 1.96 bits per heavy atom. The zero-order valence-electron chi connectivity index (χ0n) is 15.0. The largest absolute Gasteiger partial charge is 0.472 e. The summed E-state index contributed by atoms with van der Waals surface area (Å²) in [5.74, 6) is 0.189. The van der Waals surface area contributed by atoms with Gasteiger partial charge in [0.25, 0.3) is 11.8 Å². The van der Waals surface area contributed by atoms with E-state index in [0.717, 1.165) is 17.0 Å². The Bertz CT molecular complexity index is 883. The molecule has 2 heterocycles. The van der Waals surface area contributed by atoms with E-state index < -0.39 is 0 Å². The summed E-state index contributed by atoms with van der Waals surface area (Å²) in [5, 5.41) is 14.5. The second-order valence-corrected chi connectivity index (χ2v) is 6.04. The molecule has 2 aromatic heterocycles. The maximum Gasteiger partial charge on any atom is 0.278 e. The number of amides is 1. The Labute approximate surface area is 151 Å². The molecule has 0 saturated carbocycles. The molecule has 136 valence electrons. The lowest BCUT2D eigenvalue weighted by molar-refractivity contribution is 0.0946. The van der Waals surface area contributed by atoms with E-state index in [1.54, 1.807) is 6.92 Å². The Kier molecular flexibility index (Phi) is 5.31. The quantitative estimate of drug-likeness (QED) is 0.652. The molecule has 0 unspecified atom stereocenters. The third-order valence-electron chi connectivity index (χ3n) is 3.89. The van der Waals surface area contributed by atoms with Gasteiger partial charge < -0.3 is 10.1 Å². The number of carbonyl (C=O) groups excluding carboxylic acids is 1. The van der Waals surface area contributed by atoms with Gasteiger partial charge in [-0.05, 0) is 49.7 Å². The van der Waals surface area contributed by atoms with Gasteiger partial charge in [0.05, 0.1) is 18.8 Å². The molecule has 0 bridgehead atoms. The SMILES string of the molecule is Cc1cc(C)n(Cc2ccc(C(=O)NCCOc3nonc3C)cc2)n1. The van der Waals surface area contributed by atoms with Crippen LogP contribution in [0.2, 0.25) is 0 Å². The van der Waals surface area contributed by atoms with E-state index >= 15 is 0 Å². The van der Waals surface area contributed by atoms with Crippen molar-refractivity contribution >= 4 is 5.91 Å². The van der Waals surface area contributed by atoms with E-state index in [-0.39, 0.29) is 12.5 Å². The third kappa shape index (κ3) is 4.27. The lowest BCUT2D eigenvalue weighted by Gasteiger charge is -2.08. The second-order valence-electron chi connectivity index (χ2n) is 6.04. The highest BCUT2D eigenvalue weighted by Gasteiger charge is 2.08. The number of nitrogens with one attached hydrogen (secondary N) is 1. The Morgan fingerprint density at radius 3 is 2.58 bits per heavy atom. The van der Waals surface area contributed by atoms with E-state index in [1.807, 2.05) is 48.9 Å². The Morgan fingerprint density at radius 1 is 1.19 bits per heavy atom. The van der Waals surface area contributed by atoms with Crippen molar-refractivity contribution in [2.45, 2.75) is 27.3 Å². The Hall–Kier alpha value is -3.16. The highest BCUT2D eigenvalue weighted by molar-refractivity contribution is 5.94.